The van der Waals surface area contributed by atoms with Crippen molar-refractivity contribution >= 4 is 0 Å². The molecule has 0 fully saturated rings. The Kier molecular flexibility index (Phi) is 7.10. The van der Waals surface area contributed by atoms with Crippen LogP contribution in [-0.2, 0) is 19.3 Å². The zero-order valence-electron chi connectivity index (χ0n) is 18.9. The lowest BCUT2D eigenvalue weighted by atomic mass is 9.78. The second-order valence-corrected chi connectivity index (χ2v) is 8.74. The SMILES string of the molecule is CCCCc1ccc(C2CCc3c(cc(F)c(-c4ccc(OC(F)(F)F)cc4)c3F)C2)c(F)c1F. The third kappa shape index (κ3) is 5.31. The molecule has 0 bridgehead atoms. The molecule has 0 N–H and O–H groups in total. The van der Waals surface area contributed by atoms with Gasteiger partial charge in [0.1, 0.15) is 17.4 Å². The maximum atomic E-state index is 15.3. The van der Waals surface area contributed by atoms with E-state index in [1.54, 1.807) is 12.1 Å². The molecule has 1 nitrogen and oxygen atoms in total. The summed E-state index contributed by atoms with van der Waals surface area (Å²) in [6, 6.07) is 8.58. The van der Waals surface area contributed by atoms with E-state index in [1.807, 2.05) is 6.92 Å². The minimum Gasteiger partial charge on any atom is -0.406 e. The molecule has 8 heteroatoms. The van der Waals surface area contributed by atoms with Crippen LogP contribution >= 0.6 is 0 Å². The average Bonchev–Trinajstić information content (AvgIpc) is 2.80. The summed E-state index contributed by atoms with van der Waals surface area (Å²) < 4.78 is 101. The Morgan fingerprint density at radius 1 is 0.914 bits per heavy atom. The number of rotatable bonds is 6. The van der Waals surface area contributed by atoms with Crippen LogP contribution in [0, 0.1) is 23.3 Å². The van der Waals surface area contributed by atoms with E-state index in [9.17, 15) is 26.3 Å². The molecule has 35 heavy (non-hydrogen) atoms. The van der Waals surface area contributed by atoms with Crippen molar-refractivity contribution in [2.75, 3.05) is 0 Å². The normalized spacial score (nSPS) is 15.7. The van der Waals surface area contributed by atoms with Crippen molar-refractivity contribution in [3.63, 3.8) is 0 Å². The number of aryl methyl sites for hydroxylation is 1. The predicted octanol–water partition coefficient (Wildman–Crippen LogP) is 8.42. The van der Waals surface area contributed by atoms with E-state index in [1.165, 1.54) is 6.07 Å². The van der Waals surface area contributed by atoms with Gasteiger partial charge in [-0.2, -0.15) is 0 Å². The average molecular weight is 496 g/mol. The van der Waals surface area contributed by atoms with Crippen LogP contribution in [0.4, 0.5) is 30.7 Å². The first kappa shape index (κ1) is 25.1. The Hall–Kier alpha value is -3.03. The van der Waals surface area contributed by atoms with Crippen LogP contribution in [0.25, 0.3) is 11.1 Å². The van der Waals surface area contributed by atoms with Crippen LogP contribution in [0.15, 0.2) is 42.5 Å². The molecule has 0 heterocycles. The van der Waals surface area contributed by atoms with E-state index >= 15 is 4.39 Å². The van der Waals surface area contributed by atoms with Crippen LogP contribution in [0.3, 0.4) is 0 Å². The van der Waals surface area contributed by atoms with Gasteiger partial charge >= 0.3 is 6.36 Å². The van der Waals surface area contributed by atoms with Crippen LogP contribution < -0.4 is 4.74 Å². The van der Waals surface area contributed by atoms with Gasteiger partial charge in [-0.25, -0.2) is 17.6 Å². The van der Waals surface area contributed by atoms with Gasteiger partial charge in [-0.1, -0.05) is 37.6 Å². The fourth-order valence-electron chi connectivity index (χ4n) is 4.68. The number of hydrogen-bond acceptors (Lipinski definition) is 1. The summed E-state index contributed by atoms with van der Waals surface area (Å²) in [5.41, 5.74) is 0.866. The molecule has 0 radical (unpaired) electrons. The first-order valence-corrected chi connectivity index (χ1v) is 11.4. The van der Waals surface area contributed by atoms with Crippen LogP contribution in [0.2, 0.25) is 0 Å². The highest BCUT2D eigenvalue weighted by Gasteiger charge is 2.32. The second-order valence-electron chi connectivity index (χ2n) is 8.74. The fraction of sp³-hybridized carbons (Fsp3) is 0.333. The molecule has 4 rings (SSSR count). The topological polar surface area (TPSA) is 9.23 Å². The molecule has 1 aliphatic rings. The van der Waals surface area contributed by atoms with Gasteiger partial charge in [0, 0.05) is 0 Å². The molecule has 0 saturated carbocycles. The fourth-order valence-corrected chi connectivity index (χ4v) is 4.68. The van der Waals surface area contributed by atoms with Crippen molar-refractivity contribution in [1.82, 2.24) is 0 Å². The molecule has 0 aliphatic heterocycles. The Balaban J connectivity index is 1.60. The molecule has 1 aliphatic carbocycles. The van der Waals surface area contributed by atoms with Crippen LogP contribution in [0.5, 0.6) is 5.75 Å². The molecule has 1 unspecified atom stereocenters. The number of halogens is 7. The molecule has 3 aromatic rings. The van der Waals surface area contributed by atoms with Crippen molar-refractivity contribution in [2.24, 2.45) is 0 Å². The summed E-state index contributed by atoms with van der Waals surface area (Å²) in [6.07, 6.45) is -2.16. The standard InChI is InChI=1S/C27H23F7O/c1-2-3-4-16-7-11-20(26(31)24(16)29)17-8-12-21-18(13-17)14-22(28)23(25(21)30)15-5-9-19(10-6-15)35-27(32,33)34/h5-7,9-11,14,17H,2-4,8,12-13H2,1H3. The summed E-state index contributed by atoms with van der Waals surface area (Å²) in [4.78, 5) is 0. The first-order chi connectivity index (χ1) is 16.6. The quantitative estimate of drug-likeness (QED) is 0.311. The highest BCUT2D eigenvalue weighted by atomic mass is 19.4. The molecule has 0 saturated heterocycles. The largest absolute Gasteiger partial charge is 0.573 e. The van der Waals surface area contributed by atoms with Gasteiger partial charge in [0.2, 0.25) is 0 Å². The molecule has 186 valence electrons. The number of hydrogen-bond donors (Lipinski definition) is 0. The zero-order valence-corrected chi connectivity index (χ0v) is 18.9. The Labute approximate surface area is 198 Å². The zero-order chi connectivity index (χ0) is 25.3. The van der Waals surface area contributed by atoms with Crippen LogP contribution in [-0.4, -0.2) is 6.36 Å². The van der Waals surface area contributed by atoms with Gasteiger partial charge in [-0.3, -0.25) is 0 Å². The lowest BCUT2D eigenvalue weighted by Crippen LogP contribution is -2.17. The van der Waals surface area contributed by atoms with Crippen molar-refractivity contribution < 1.29 is 35.5 Å². The van der Waals surface area contributed by atoms with E-state index in [-0.39, 0.29) is 35.1 Å². The third-order valence-electron chi connectivity index (χ3n) is 6.43. The van der Waals surface area contributed by atoms with Gasteiger partial charge in [0.05, 0.1) is 5.56 Å². The maximum Gasteiger partial charge on any atom is 0.573 e. The summed E-state index contributed by atoms with van der Waals surface area (Å²) in [5.74, 6) is -4.39. The third-order valence-corrected chi connectivity index (χ3v) is 6.43. The second kappa shape index (κ2) is 9.91. The van der Waals surface area contributed by atoms with Crippen molar-refractivity contribution in [3.8, 4) is 16.9 Å². The maximum absolute atomic E-state index is 15.3. The molecule has 0 spiro atoms. The molecular formula is C27H23F7O. The number of unbranched alkanes of at least 4 members (excludes halogenated alkanes) is 1. The highest BCUT2D eigenvalue weighted by molar-refractivity contribution is 5.67. The Bertz CT molecular complexity index is 1220. The number of alkyl halides is 3. The van der Waals surface area contributed by atoms with Gasteiger partial charge in [-0.15, -0.1) is 13.2 Å². The Morgan fingerprint density at radius 3 is 2.29 bits per heavy atom. The van der Waals surface area contributed by atoms with Gasteiger partial charge in [0.15, 0.2) is 11.6 Å². The van der Waals surface area contributed by atoms with Gasteiger partial charge in [0.25, 0.3) is 0 Å². The van der Waals surface area contributed by atoms with E-state index < -0.39 is 41.3 Å². The van der Waals surface area contributed by atoms with Gasteiger partial charge in [-0.05, 0) is 84.0 Å². The lowest BCUT2D eigenvalue weighted by molar-refractivity contribution is -0.274. The predicted molar refractivity (Wildman–Crippen MR) is 118 cm³/mol. The van der Waals surface area contributed by atoms with E-state index in [0.29, 0.717) is 24.0 Å². The number of benzene rings is 3. The summed E-state index contributed by atoms with van der Waals surface area (Å²) in [7, 11) is 0. The molecular weight excluding hydrogens is 473 g/mol. The Morgan fingerprint density at radius 2 is 1.63 bits per heavy atom. The number of fused-ring (bicyclic) bond motifs is 1. The van der Waals surface area contributed by atoms with Crippen molar-refractivity contribution in [2.45, 2.75) is 57.7 Å². The van der Waals surface area contributed by atoms with E-state index in [4.69, 9.17) is 0 Å². The first-order valence-electron chi connectivity index (χ1n) is 11.4. The summed E-state index contributed by atoms with van der Waals surface area (Å²) in [6.45, 7) is 1.96. The summed E-state index contributed by atoms with van der Waals surface area (Å²) >= 11 is 0. The summed E-state index contributed by atoms with van der Waals surface area (Å²) in [5, 5.41) is 0. The molecule has 3 aromatic carbocycles. The molecule has 0 aromatic heterocycles. The minimum atomic E-state index is -4.88. The number of ether oxygens (including phenoxy) is 1. The minimum absolute atomic E-state index is 0.0650. The van der Waals surface area contributed by atoms with Crippen molar-refractivity contribution in [3.05, 3.63) is 88.0 Å². The highest BCUT2D eigenvalue weighted by Crippen LogP contribution is 2.40. The van der Waals surface area contributed by atoms with E-state index in [0.717, 1.165) is 37.1 Å². The van der Waals surface area contributed by atoms with Crippen LogP contribution in [0.1, 0.15) is 54.4 Å². The smallest absolute Gasteiger partial charge is 0.406 e. The lowest BCUT2D eigenvalue weighted by Gasteiger charge is -2.27. The van der Waals surface area contributed by atoms with Gasteiger partial charge < -0.3 is 4.74 Å². The van der Waals surface area contributed by atoms with Crippen molar-refractivity contribution in [1.29, 1.82) is 0 Å². The monoisotopic (exact) mass is 496 g/mol. The molecule has 0 amide bonds. The van der Waals surface area contributed by atoms with E-state index in [2.05, 4.69) is 4.74 Å². The molecule has 1 atom stereocenters.